The Labute approximate surface area is 111 Å². The third-order valence-corrected chi connectivity index (χ3v) is 2.68. The maximum atomic E-state index is 11.2. The number of carbonyl (C=O) groups is 2. The van der Waals surface area contributed by atoms with Crippen molar-refractivity contribution in [3.63, 3.8) is 0 Å². The lowest BCUT2D eigenvalue weighted by atomic mass is 10.2. The first-order valence-electron chi connectivity index (χ1n) is 5.84. The van der Waals surface area contributed by atoms with E-state index < -0.39 is 11.9 Å². The summed E-state index contributed by atoms with van der Waals surface area (Å²) < 4.78 is 0. The van der Waals surface area contributed by atoms with E-state index in [0.717, 1.165) is 11.3 Å². The van der Waals surface area contributed by atoms with Crippen LogP contribution in [0.3, 0.4) is 0 Å². The van der Waals surface area contributed by atoms with Crippen molar-refractivity contribution >= 4 is 23.7 Å². The normalized spacial score (nSPS) is 16.8. The summed E-state index contributed by atoms with van der Waals surface area (Å²) in [6.07, 6.45) is 5.16. The highest BCUT2D eigenvalue weighted by atomic mass is 16.2. The monoisotopic (exact) mass is 257 g/mol. The number of anilines is 1. The van der Waals surface area contributed by atoms with Gasteiger partial charge < -0.3 is 10.2 Å². The molecule has 1 heterocycles. The Kier molecular flexibility index (Phi) is 3.66. The molecule has 3 amide bonds. The van der Waals surface area contributed by atoms with Crippen LogP contribution in [-0.4, -0.2) is 26.0 Å². The molecule has 5 nitrogen and oxygen atoms in total. The van der Waals surface area contributed by atoms with Crippen molar-refractivity contribution in [2.24, 2.45) is 0 Å². The second-order valence-corrected chi connectivity index (χ2v) is 4.33. The molecule has 0 radical (unpaired) electrons. The molecule has 1 saturated heterocycles. The standard InChI is InChI=1S/C14H15N3O2/c1-17(2)11-8-6-10(7-9-11)4-3-5-12-13(18)16-14(19)15-12/h3-9H,1-2H3,(H2,15,16,18,19)/b4-3+,12-5-. The lowest BCUT2D eigenvalue weighted by Gasteiger charge is -2.11. The van der Waals surface area contributed by atoms with E-state index in [9.17, 15) is 9.59 Å². The lowest BCUT2D eigenvalue weighted by molar-refractivity contribution is -0.115. The van der Waals surface area contributed by atoms with Crippen LogP contribution in [0, 0.1) is 0 Å². The zero-order valence-corrected chi connectivity index (χ0v) is 10.8. The van der Waals surface area contributed by atoms with Crippen LogP contribution in [-0.2, 0) is 4.79 Å². The van der Waals surface area contributed by atoms with Crippen molar-refractivity contribution < 1.29 is 9.59 Å². The summed E-state index contributed by atoms with van der Waals surface area (Å²) in [6.45, 7) is 0. The summed E-state index contributed by atoms with van der Waals surface area (Å²) in [6, 6.07) is 7.50. The van der Waals surface area contributed by atoms with Crippen molar-refractivity contribution in [1.82, 2.24) is 10.6 Å². The van der Waals surface area contributed by atoms with E-state index >= 15 is 0 Å². The van der Waals surface area contributed by atoms with Gasteiger partial charge in [-0.05, 0) is 23.8 Å². The number of nitrogens with one attached hydrogen (secondary N) is 2. The average Bonchev–Trinajstić information content (AvgIpc) is 2.68. The molecule has 1 aliphatic heterocycles. The first kappa shape index (κ1) is 12.9. The molecule has 98 valence electrons. The van der Waals surface area contributed by atoms with E-state index in [-0.39, 0.29) is 5.70 Å². The van der Waals surface area contributed by atoms with Gasteiger partial charge in [0.25, 0.3) is 5.91 Å². The summed E-state index contributed by atoms with van der Waals surface area (Å²) in [5.41, 5.74) is 2.40. The van der Waals surface area contributed by atoms with Gasteiger partial charge in [-0.25, -0.2) is 4.79 Å². The van der Waals surface area contributed by atoms with Gasteiger partial charge in [-0.2, -0.15) is 0 Å². The topological polar surface area (TPSA) is 61.4 Å². The molecule has 19 heavy (non-hydrogen) atoms. The van der Waals surface area contributed by atoms with Crippen LogP contribution in [0.25, 0.3) is 6.08 Å². The molecule has 5 heteroatoms. The number of imide groups is 1. The van der Waals surface area contributed by atoms with Gasteiger partial charge in [0, 0.05) is 19.8 Å². The molecule has 0 unspecified atom stereocenters. The third-order valence-electron chi connectivity index (χ3n) is 2.68. The number of carbonyl (C=O) groups excluding carboxylic acids is 2. The van der Waals surface area contributed by atoms with Crippen LogP contribution in [0.4, 0.5) is 10.5 Å². The molecular formula is C14H15N3O2. The van der Waals surface area contributed by atoms with E-state index in [1.807, 2.05) is 49.3 Å². The Bertz CT molecular complexity index is 557. The van der Waals surface area contributed by atoms with E-state index in [4.69, 9.17) is 0 Å². The minimum atomic E-state index is -0.486. The smallest absolute Gasteiger partial charge is 0.326 e. The molecule has 1 aromatic carbocycles. The number of hydrogen-bond donors (Lipinski definition) is 2. The van der Waals surface area contributed by atoms with Crippen LogP contribution in [0.1, 0.15) is 5.56 Å². The number of hydrogen-bond acceptors (Lipinski definition) is 3. The Hall–Kier alpha value is -2.56. The van der Waals surface area contributed by atoms with Gasteiger partial charge in [0.15, 0.2) is 0 Å². The number of benzene rings is 1. The van der Waals surface area contributed by atoms with Crippen LogP contribution in [0.15, 0.2) is 42.1 Å². The highest BCUT2D eigenvalue weighted by Crippen LogP contribution is 2.13. The maximum Gasteiger partial charge on any atom is 0.326 e. The highest BCUT2D eigenvalue weighted by Gasteiger charge is 2.21. The fourth-order valence-electron chi connectivity index (χ4n) is 1.64. The van der Waals surface area contributed by atoms with Crippen molar-refractivity contribution in [3.8, 4) is 0 Å². The second-order valence-electron chi connectivity index (χ2n) is 4.33. The minimum absolute atomic E-state index is 0.256. The van der Waals surface area contributed by atoms with Crippen LogP contribution in [0.2, 0.25) is 0 Å². The fourth-order valence-corrected chi connectivity index (χ4v) is 1.64. The third kappa shape index (κ3) is 3.22. The summed E-state index contributed by atoms with van der Waals surface area (Å²) >= 11 is 0. The van der Waals surface area contributed by atoms with E-state index in [1.54, 1.807) is 12.2 Å². The van der Waals surface area contributed by atoms with Crippen LogP contribution < -0.4 is 15.5 Å². The Morgan fingerprint density at radius 2 is 1.74 bits per heavy atom. The zero-order valence-electron chi connectivity index (χ0n) is 10.8. The average molecular weight is 257 g/mol. The molecule has 0 spiro atoms. The molecule has 1 aromatic rings. The Balaban J connectivity index is 2.05. The van der Waals surface area contributed by atoms with Gasteiger partial charge in [-0.15, -0.1) is 0 Å². The SMILES string of the molecule is CN(C)c1ccc(/C=C/C=C2\NC(=O)NC2=O)cc1. The minimum Gasteiger partial charge on any atom is -0.378 e. The number of rotatable bonds is 3. The predicted octanol–water partition coefficient (Wildman–Crippen LogP) is 1.49. The molecule has 0 atom stereocenters. The van der Waals surface area contributed by atoms with Crippen molar-refractivity contribution in [2.75, 3.05) is 19.0 Å². The van der Waals surface area contributed by atoms with Crippen molar-refractivity contribution in [2.45, 2.75) is 0 Å². The van der Waals surface area contributed by atoms with Gasteiger partial charge in [0.05, 0.1) is 0 Å². The van der Waals surface area contributed by atoms with Crippen molar-refractivity contribution in [1.29, 1.82) is 0 Å². The summed E-state index contributed by atoms with van der Waals surface area (Å²) in [7, 11) is 3.97. The lowest BCUT2D eigenvalue weighted by Crippen LogP contribution is -2.22. The number of allylic oxidation sites excluding steroid dienone is 2. The van der Waals surface area contributed by atoms with Gasteiger partial charge in [-0.1, -0.05) is 24.3 Å². The van der Waals surface area contributed by atoms with E-state index in [2.05, 4.69) is 10.6 Å². The number of amides is 3. The molecule has 0 saturated carbocycles. The first-order chi connectivity index (χ1) is 9.06. The zero-order chi connectivity index (χ0) is 13.8. The Morgan fingerprint density at radius 1 is 1.05 bits per heavy atom. The predicted molar refractivity (Wildman–Crippen MR) is 74.6 cm³/mol. The molecule has 1 aliphatic rings. The quantitative estimate of drug-likeness (QED) is 0.637. The summed E-state index contributed by atoms with van der Waals surface area (Å²) in [5, 5.41) is 4.56. The molecule has 2 N–H and O–H groups in total. The molecule has 0 aromatic heterocycles. The number of urea groups is 1. The Morgan fingerprint density at radius 3 is 2.26 bits per heavy atom. The number of nitrogens with zero attached hydrogens (tertiary/aromatic N) is 1. The molecule has 1 fully saturated rings. The summed E-state index contributed by atoms with van der Waals surface area (Å²) in [4.78, 5) is 24.2. The van der Waals surface area contributed by atoms with E-state index in [0.29, 0.717) is 0 Å². The van der Waals surface area contributed by atoms with Gasteiger partial charge in [0.2, 0.25) is 0 Å². The molecule has 0 aliphatic carbocycles. The highest BCUT2D eigenvalue weighted by molar-refractivity contribution is 6.11. The fraction of sp³-hybridized carbons (Fsp3) is 0.143. The second kappa shape index (κ2) is 5.39. The van der Waals surface area contributed by atoms with Crippen molar-refractivity contribution in [3.05, 3.63) is 47.7 Å². The first-order valence-corrected chi connectivity index (χ1v) is 5.84. The molecule has 0 bridgehead atoms. The van der Waals surface area contributed by atoms with Gasteiger partial charge in [0.1, 0.15) is 5.70 Å². The maximum absolute atomic E-state index is 11.2. The largest absolute Gasteiger partial charge is 0.378 e. The van der Waals surface area contributed by atoms with Crippen LogP contribution in [0.5, 0.6) is 0 Å². The van der Waals surface area contributed by atoms with Gasteiger partial charge >= 0.3 is 6.03 Å². The molecule has 2 rings (SSSR count). The van der Waals surface area contributed by atoms with E-state index in [1.165, 1.54) is 0 Å². The summed E-state index contributed by atoms with van der Waals surface area (Å²) in [5.74, 6) is -0.405. The van der Waals surface area contributed by atoms with Gasteiger partial charge in [-0.3, -0.25) is 10.1 Å². The van der Waals surface area contributed by atoms with Crippen LogP contribution >= 0.6 is 0 Å². The molecular weight excluding hydrogens is 242 g/mol.